The number of primary amides is 1. The van der Waals surface area contributed by atoms with Gasteiger partial charge in [-0.3, -0.25) is 9.00 Å². The van der Waals surface area contributed by atoms with Crippen LogP contribution in [0.2, 0.25) is 5.02 Å². The first-order valence-electron chi connectivity index (χ1n) is 11.7. The number of rotatable bonds is 6. The van der Waals surface area contributed by atoms with Gasteiger partial charge < -0.3 is 5.73 Å². The van der Waals surface area contributed by atoms with Crippen LogP contribution in [0.1, 0.15) is 29.0 Å². The van der Waals surface area contributed by atoms with Gasteiger partial charge in [0.2, 0.25) is 11.1 Å². The minimum absolute atomic E-state index is 0.0719. The number of amidine groups is 1. The molecule has 0 saturated heterocycles. The largest absolute Gasteiger partial charge is 0.416 e. The molecule has 1 aliphatic rings. The molecule has 40 heavy (non-hydrogen) atoms. The van der Waals surface area contributed by atoms with E-state index in [9.17, 15) is 30.6 Å². The quantitative estimate of drug-likeness (QED) is 0.325. The van der Waals surface area contributed by atoms with Gasteiger partial charge in [0.15, 0.2) is 0 Å². The zero-order valence-electron chi connectivity index (χ0n) is 20.6. The first kappa shape index (κ1) is 29.4. The van der Waals surface area contributed by atoms with E-state index in [0.717, 1.165) is 22.7 Å². The van der Waals surface area contributed by atoms with Crippen molar-refractivity contribution in [1.29, 1.82) is 0 Å². The van der Waals surface area contributed by atoms with Crippen molar-refractivity contribution < 1.29 is 30.6 Å². The second-order valence-electron chi connectivity index (χ2n) is 8.69. The minimum Gasteiger partial charge on any atom is -0.369 e. The van der Waals surface area contributed by atoms with Gasteiger partial charge in [-0.2, -0.15) is 26.7 Å². The Morgan fingerprint density at radius 1 is 1.05 bits per heavy atom. The second-order valence-corrected chi connectivity index (χ2v) is 12.1. The fraction of sp³-hybridized carbons (Fsp3) is 0.192. The monoisotopic (exact) mass is 610 g/mol. The number of amides is 1. The van der Waals surface area contributed by atoms with E-state index in [0.29, 0.717) is 34.9 Å². The Bertz CT molecular complexity index is 1580. The molecule has 2 unspecified atom stereocenters. The highest BCUT2D eigenvalue weighted by Crippen LogP contribution is 2.32. The molecule has 0 aromatic heterocycles. The van der Waals surface area contributed by atoms with Crippen LogP contribution in [0, 0.1) is 0 Å². The molecule has 3 aromatic rings. The molecule has 3 aromatic carbocycles. The van der Waals surface area contributed by atoms with Crippen LogP contribution < -0.4 is 5.73 Å². The van der Waals surface area contributed by atoms with Crippen LogP contribution in [0.5, 0.6) is 0 Å². The summed E-state index contributed by atoms with van der Waals surface area (Å²) in [5.74, 6) is -1.94. The molecule has 2 atom stereocenters. The van der Waals surface area contributed by atoms with Crippen LogP contribution in [-0.2, 0) is 31.8 Å². The van der Waals surface area contributed by atoms with E-state index in [1.807, 2.05) is 30.3 Å². The Hall–Kier alpha value is -3.55. The van der Waals surface area contributed by atoms with Crippen LogP contribution in [0.25, 0.3) is 0 Å². The summed E-state index contributed by atoms with van der Waals surface area (Å²) in [6, 6.07) is 18.9. The van der Waals surface area contributed by atoms with Crippen molar-refractivity contribution in [3.8, 4) is 0 Å². The Balaban J connectivity index is 1.81. The molecule has 0 spiro atoms. The standard InChI is InChI=1S/C26H22ClF3N4O4S2/c27-20-10-6-18(7-11-20)24-22(17-4-2-1-3-5-17)14-15-34(32-24)25(39(36)16-23(31)35)33-40(37,38)21-12-8-19(9-13-21)26(28,29)30/h1-13,22H,14-16H2,(H2,31,35)/b33-25-. The third kappa shape index (κ3) is 6.95. The fourth-order valence-corrected chi connectivity index (χ4v) is 6.43. The van der Waals surface area contributed by atoms with E-state index < -0.39 is 54.3 Å². The Kier molecular flexibility index (Phi) is 8.76. The van der Waals surface area contributed by atoms with Gasteiger partial charge in [0.1, 0.15) is 16.6 Å². The smallest absolute Gasteiger partial charge is 0.369 e. The third-order valence-corrected chi connectivity index (χ3v) is 8.81. The summed E-state index contributed by atoms with van der Waals surface area (Å²) in [5.41, 5.74) is 6.27. The molecular weight excluding hydrogens is 589 g/mol. The van der Waals surface area contributed by atoms with E-state index in [1.165, 1.54) is 0 Å². The molecule has 1 heterocycles. The molecule has 14 heteroatoms. The number of carbonyl (C=O) groups is 1. The molecule has 1 amide bonds. The van der Waals surface area contributed by atoms with Gasteiger partial charge in [0, 0.05) is 17.5 Å². The Morgan fingerprint density at radius 2 is 1.68 bits per heavy atom. The summed E-state index contributed by atoms with van der Waals surface area (Å²) in [4.78, 5) is 11.0. The van der Waals surface area contributed by atoms with E-state index >= 15 is 0 Å². The Morgan fingerprint density at radius 3 is 2.25 bits per heavy atom. The number of benzene rings is 3. The normalized spacial score (nSPS) is 17.3. The lowest BCUT2D eigenvalue weighted by atomic mass is 9.86. The molecule has 2 N–H and O–H groups in total. The van der Waals surface area contributed by atoms with Crippen molar-refractivity contribution in [3.05, 3.63) is 101 Å². The van der Waals surface area contributed by atoms with E-state index in [2.05, 4.69) is 9.50 Å². The lowest BCUT2D eigenvalue weighted by Crippen LogP contribution is -2.40. The molecule has 1 aliphatic heterocycles. The van der Waals surface area contributed by atoms with Crippen molar-refractivity contribution in [2.24, 2.45) is 15.2 Å². The molecule has 4 rings (SSSR count). The number of nitrogens with two attached hydrogens (primary N) is 1. The molecule has 8 nitrogen and oxygen atoms in total. The highest BCUT2D eigenvalue weighted by Gasteiger charge is 2.33. The topological polar surface area (TPSA) is 122 Å². The number of hydrogen-bond donors (Lipinski definition) is 1. The summed E-state index contributed by atoms with van der Waals surface area (Å²) >= 11 is 6.06. The lowest BCUT2D eigenvalue weighted by molar-refractivity contribution is -0.137. The number of nitrogens with zero attached hydrogens (tertiary/aromatic N) is 3. The zero-order valence-corrected chi connectivity index (χ0v) is 23.0. The molecule has 0 radical (unpaired) electrons. The van der Waals surface area contributed by atoms with E-state index in [1.54, 1.807) is 24.3 Å². The average molecular weight is 611 g/mol. The molecule has 0 bridgehead atoms. The van der Waals surface area contributed by atoms with Crippen LogP contribution in [-0.4, -0.2) is 46.7 Å². The predicted molar refractivity (Wildman–Crippen MR) is 147 cm³/mol. The average Bonchev–Trinajstić information content (AvgIpc) is 2.91. The van der Waals surface area contributed by atoms with Crippen molar-refractivity contribution in [1.82, 2.24) is 5.01 Å². The Labute approximate surface area is 235 Å². The number of carbonyl (C=O) groups excluding carboxylic acids is 1. The maximum absolute atomic E-state index is 13.1. The van der Waals surface area contributed by atoms with Gasteiger partial charge in [0.05, 0.1) is 16.2 Å². The highest BCUT2D eigenvalue weighted by atomic mass is 35.5. The summed E-state index contributed by atoms with van der Waals surface area (Å²) in [6.45, 7) is 0.0719. The second kappa shape index (κ2) is 11.9. The summed E-state index contributed by atoms with van der Waals surface area (Å²) in [5, 5.41) is 5.65. The van der Waals surface area contributed by atoms with Gasteiger partial charge in [-0.1, -0.05) is 54.1 Å². The van der Waals surface area contributed by atoms with Crippen LogP contribution in [0.15, 0.2) is 93.3 Å². The van der Waals surface area contributed by atoms with E-state index in [4.69, 9.17) is 17.3 Å². The summed E-state index contributed by atoms with van der Waals surface area (Å²) in [7, 11) is -7.00. The van der Waals surface area contributed by atoms with Crippen molar-refractivity contribution >= 4 is 49.2 Å². The number of alkyl halides is 3. The van der Waals surface area contributed by atoms with Gasteiger partial charge in [-0.05, 0) is 53.9 Å². The lowest BCUT2D eigenvalue weighted by Gasteiger charge is -2.31. The maximum Gasteiger partial charge on any atom is 0.416 e. The number of hydrazone groups is 1. The van der Waals surface area contributed by atoms with Crippen molar-refractivity contribution in [3.63, 3.8) is 0 Å². The first-order chi connectivity index (χ1) is 18.8. The van der Waals surface area contributed by atoms with E-state index in [-0.39, 0.29) is 12.5 Å². The van der Waals surface area contributed by atoms with Crippen molar-refractivity contribution in [2.45, 2.75) is 23.4 Å². The van der Waals surface area contributed by atoms with Gasteiger partial charge >= 0.3 is 6.18 Å². The maximum atomic E-state index is 13.1. The molecule has 0 aliphatic carbocycles. The zero-order chi connectivity index (χ0) is 29.1. The predicted octanol–water partition coefficient (Wildman–Crippen LogP) is 4.53. The molecule has 0 saturated carbocycles. The molecule has 210 valence electrons. The van der Waals surface area contributed by atoms with Gasteiger partial charge in [-0.25, -0.2) is 5.01 Å². The number of hydrogen-bond acceptors (Lipinski definition) is 5. The molecular formula is C26H22ClF3N4O4S2. The number of sulfonamides is 1. The van der Waals surface area contributed by atoms with Crippen LogP contribution in [0.3, 0.4) is 0 Å². The highest BCUT2D eigenvalue weighted by molar-refractivity contribution is 8.02. The van der Waals surface area contributed by atoms with Crippen LogP contribution >= 0.6 is 11.6 Å². The van der Waals surface area contributed by atoms with Gasteiger partial charge in [-0.15, -0.1) is 4.40 Å². The minimum atomic E-state index is -4.67. The molecule has 0 fully saturated rings. The van der Waals surface area contributed by atoms with Crippen molar-refractivity contribution in [2.75, 3.05) is 12.3 Å². The number of halogens is 4. The summed E-state index contributed by atoms with van der Waals surface area (Å²) < 4.78 is 81.9. The first-order valence-corrected chi connectivity index (χ1v) is 14.8. The SMILES string of the molecule is NC(=O)CS(=O)/C(=N\S(=O)(=O)c1ccc(C(F)(F)F)cc1)N1CCC(c2ccccc2)C(c2ccc(Cl)cc2)=N1. The van der Waals surface area contributed by atoms with Crippen LogP contribution in [0.4, 0.5) is 13.2 Å². The summed E-state index contributed by atoms with van der Waals surface area (Å²) in [6.07, 6.45) is -4.27. The van der Waals surface area contributed by atoms with Gasteiger partial charge in [0.25, 0.3) is 10.0 Å². The third-order valence-electron chi connectivity index (χ3n) is 5.91. The fourth-order valence-electron chi connectivity index (χ4n) is 4.04.